The van der Waals surface area contributed by atoms with E-state index in [0.717, 1.165) is 0 Å². The highest BCUT2D eigenvalue weighted by atomic mass is 19.1. The van der Waals surface area contributed by atoms with E-state index in [1.54, 1.807) is 12.1 Å². The molecule has 0 unspecified atom stereocenters. The van der Waals surface area contributed by atoms with E-state index in [0.29, 0.717) is 16.8 Å². The summed E-state index contributed by atoms with van der Waals surface area (Å²) in [6.07, 6.45) is 2.88. The van der Waals surface area contributed by atoms with Gasteiger partial charge in [-0.3, -0.25) is 9.78 Å². The molecule has 1 amide bonds. The zero-order valence-corrected chi connectivity index (χ0v) is 10.4. The molecule has 1 heterocycles. The molecular weight excluding hydrogens is 259 g/mol. The van der Waals surface area contributed by atoms with Crippen LogP contribution in [0.5, 0.6) is 0 Å². The SMILES string of the molecule is O=C(Nc1cccc(F)c1)c1cncc(C#CCO)c1. The Morgan fingerprint density at radius 3 is 2.95 bits per heavy atom. The zero-order valence-electron chi connectivity index (χ0n) is 10.4. The number of rotatable bonds is 2. The highest BCUT2D eigenvalue weighted by Crippen LogP contribution is 2.11. The quantitative estimate of drug-likeness (QED) is 0.818. The van der Waals surface area contributed by atoms with Crippen LogP contribution >= 0.6 is 0 Å². The third-order valence-corrected chi connectivity index (χ3v) is 2.39. The highest BCUT2D eigenvalue weighted by molar-refractivity contribution is 6.04. The topological polar surface area (TPSA) is 62.2 Å². The maximum atomic E-state index is 13.0. The van der Waals surface area contributed by atoms with Crippen molar-refractivity contribution in [3.63, 3.8) is 0 Å². The molecule has 0 aliphatic carbocycles. The van der Waals surface area contributed by atoms with Gasteiger partial charge in [0.05, 0.1) is 5.56 Å². The standard InChI is InChI=1S/C15H11FN2O2/c16-13-4-1-5-14(8-13)18-15(20)12-7-11(3-2-6-19)9-17-10-12/h1,4-5,7-10,19H,6H2,(H,18,20). The number of aromatic nitrogens is 1. The summed E-state index contributed by atoms with van der Waals surface area (Å²) in [4.78, 5) is 15.9. The number of nitrogens with one attached hydrogen (secondary N) is 1. The summed E-state index contributed by atoms with van der Waals surface area (Å²) in [6, 6.07) is 7.16. The Morgan fingerprint density at radius 2 is 2.20 bits per heavy atom. The van der Waals surface area contributed by atoms with E-state index >= 15 is 0 Å². The van der Waals surface area contributed by atoms with Crippen molar-refractivity contribution in [3.05, 3.63) is 59.7 Å². The number of hydrogen-bond acceptors (Lipinski definition) is 3. The molecule has 0 spiro atoms. The molecule has 100 valence electrons. The third-order valence-electron chi connectivity index (χ3n) is 2.39. The number of carbonyl (C=O) groups excluding carboxylic acids is 1. The molecule has 1 aromatic heterocycles. The summed E-state index contributed by atoms with van der Waals surface area (Å²) in [6.45, 7) is -0.264. The minimum absolute atomic E-state index is 0.264. The molecule has 0 atom stereocenters. The molecule has 0 aliphatic rings. The molecule has 0 bridgehead atoms. The molecule has 0 aliphatic heterocycles. The smallest absolute Gasteiger partial charge is 0.257 e. The van der Waals surface area contributed by atoms with E-state index in [1.165, 1.54) is 30.6 Å². The van der Waals surface area contributed by atoms with Crippen molar-refractivity contribution in [2.45, 2.75) is 0 Å². The Hall–Kier alpha value is -2.71. The average molecular weight is 270 g/mol. The summed E-state index contributed by atoms with van der Waals surface area (Å²) in [5.41, 5.74) is 1.19. The van der Waals surface area contributed by atoms with Gasteiger partial charge in [-0.15, -0.1) is 0 Å². The largest absolute Gasteiger partial charge is 0.384 e. The van der Waals surface area contributed by atoms with Crippen molar-refractivity contribution in [1.82, 2.24) is 4.98 Å². The summed E-state index contributed by atoms with van der Waals surface area (Å²) < 4.78 is 13.0. The van der Waals surface area contributed by atoms with Gasteiger partial charge in [0.15, 0.2) is 0 Å². The van der Waals surface area contributed by atoms with Crippen LogP contribution in [-0.2, 0) is 0 Å². The molecule has 0 saturated carbocycles. The molecule has 2 aromatic rings. The maximum Gasteiger partial charge on any atom is 0.257 e. The third kappa shape index (κ3) is 3.64. The lowest BCUT2D eigenvalue weighted by Gasteiger charge is -2.05. The second-order valence-electron chi connectivity index (χ2n) is 3.89. The van der Waals surface area contributed by atoms with Gasteiger partial charge >= 0.3 is 0 Å². The van der Waals surface area contributed by atoms with Crippen LogP contribution in [0.25, 0.3) is 0 Å². The Bertz CT molecular complexity index is 690. The van der Waals surface area contributed by atoms with Crippen LogP contribution in [0, 0.1) is 17.7 Å². The van der Waals surface area contributed by atoms with Crippen LogP contribution in [0.2, 0.25) is 0 Å². The first kappa shape index (κ1) is 13.7. The van der Waals surface area contributed by atoms with Gasteiger partial charge in [0.2, 0.25) is 0 Å². The van der Waals surface area contributed by atoms with E-state index in [4.69, 9.17) is 5.11 Å². The van der Waals surface area contributed by atoms with Crippen LogP contribution in [0.15, 0.2) is 42.7 Å². The number of anilines is 1. The van der Waals surface area contributed by atoms with E-state index in [-0.39, 0.29) is 6.61 Å². The predicted octanol–water partition coefficient (Wildman–Crippen LogP) is 1.82. The minimum atomic E-state index is -0.427. The molecular formula is C15H11FN2O2. The van der Waals surface area contributed by atoms with Gasteiger partial charge < -0.3 is 10.4 Å². The van der Waals surface area contributed by atoms with Gasteiger partial charge in [-0.05, 0) is 24.3 Å². The lowest BCUT2D eigenvalue weighted by molar-refractivity contribution is 0.102. The number of hydrogen-bond donors (Lipinski definition) is 2. The van der Waals surface area contributed by atoms with Gasteiger partial charge in [0.1, 0.15) is 12.4 Å². The van der Waals surface area contributed by atoms with Crippen LogP contribution < -0.4 is 5.32 Å². The number of aliphatic hydroxyl groups is 1. The van der Waals surface area contributed by atoms with Crippen molar-refractivity contribution >= 4 is 11.6 Å². The molecule has 2 rings (SSSR count). The van der Waals surface area contributed by atoms with Crippen LogP contribution in [-0.4, -0.2) is 22.6 Å². The lowest BCUT2D eigenvalue weighted by atomic mass is 10.2. The second-order valence-corrected chi connectivity index (χ2v) is 3.89. The Balaban J connectivity index is 2.17. The van der Waals surface area contributed by atoms with Crippen molar-refractivity contribution in [3.8, 4) is 11.8 Å². The molecule has 0 saturated heterocycles. The highest BCUT2D eigenvalue weighted by Gasteiger charge is 2.07. The summed E-state index contributed by atoms with van der Waals surface area (Å²) in [7, 11) is 0. The average Bonchev–Trinajstić information content (AvgIpc) is 2.45. The number of aliphatic hydroxyl groups excluding tert-OH is 1. The minimum Gasteiger partial charge on any atom is -0.384 e. The first-order valence-electron chi connectivity index (χ1n) is 5.81. The second kappa shape index (κ2) is 6.45. The number of benzene rings is 1. The van der Waals surface area contributed by atoms with E-state index in [2.05, 4.69) is 22.1 Å². The first-order valence-corrected chi connectivity index (χ1v) is 5.81. The molecule has 1 aromatic carbocycles. The normalized spacial score (nSPS) is 9.50. The predicted molar refractivity (Wildman–Crippen MR) is 72.6 cm³/mol. The van der Waals surface area contributed by atoms with E-state index < -0.39 is 11.7 Å². The van der Waals surface area contributed by atoms with Crippen LogP contribution in [0.4, 0.5) is 10.1 Å². The molecule has 0 fully saturated rings. The number of halogens is 1. The summed E-state index contributed by atoms with van der Waals surface area (Å²) >= 11 is 0. The fraction of sp³-hybridized carbons (Fsp3) is 0.0667. The number of nitrogens with zero attached hydrogens (tertiary/aromatic N) is 1. The van der Waals surface area contributed by atoms with Gasteiger partial charge in [0.25, 0.3) is 5.91 Å². The maximum absolute atomic E-state index is 13.0. The van der Waals surface area contributed by atoms with Crippen molar-refractivity contribution in [2.75, 3.05) is 11.9 Å². The van der Waals surface area contributed by atoms with E-state index in [9.17, 15) is 9.18 Å². The summed E-state index contributed by atoms with van der Waals surface area (Å²) in [5, 5.41) is 11.2. The molecule has 0 radical (unpaired) electrons. The Kier molecular flexibility index (Phi) is 4.43. The molecule has 5 heteroatoms. The Morgan fingerprint density at radius 1 is 1.35 bits per heavy atom. The summed E-state index contributed by atoms with van der Waals surface area (Å²) in [5.74, 6) is 4.30. The van der Waals surface area contributed by atoms with Crippen molar-refractivity contribution in [2.24, 2.45) is 0 Å². The Labute approximate surface area is 115 Å². The monoisotopic (exact) mass is 270 g/mol. The fourth-order valence-corrected chi connectivity index (χ4v) is 1.54. The van der Waals surface area contributed by atoms with Gasteiger partial charge in [-0.1, -0.05) is 17.9 Å². The number of carbonyl (C=O) groups is 1. The molecule has 2 N–H and O–H groups in total. The van der Waals surface area contributed by atoms with E-state index in [1.807, 2.05) is 0 Å². The van der Waals surface area contributed by atoms with Crippen LogP contribution in [0.1, 0.15) is 15.9 Å². The lowest BCUT2D eigenvalue weighted by Crippen LogP contribution is -2.12. The molecule has 4 nitrogen and oxygen atoms in total. The van der Waals surface area contributed by atoms with Gasteiger partial charge in [0, 0.05) is 23.6 Å². The van der Waals surface area contributed by atoms with Crippen LogP contribution in [0.3, 0.4) is 0 Å². The van der Waals surface area contributed by atoms with Crippen molar-refractivity contribution < 1.29 is 14.3 Å². The number of pyridine rings is 1. The van der Waals surface area contributed by atoms with Crippen molar-refractivity contribution in [1.29, 1.82) is 0 Å². The van der Waals surface area contributed by atoms with Gasteiger partial charge in [-0.2, -0.15) is 0 Å². The fourth-order valence-electron chi connectivity index (χ4n) is 1.54. The number of amides is 1. The first-order chi connectivity index (χ1) is 9.69. The zero-order chi connectivity index (χ0) is 14.4. The van der Waals surface area contributed by atoms with Gasteiger partial charge in [-0.25, -0.2) is 4.39 Å². The molecule has 20 heavy (non-hydrogen) atoms.